The number of nitrogens with zero attached hydrogens (tertiary/aromatic N) is 2. The van der Waals surface area contributed by atoms with Gasteiger partial charge in [0.05, 0.1) is 19.8 Å². The van der Waals surface area contributed by atoms with Crippen molar-refractivity contribution in [2.75, 3.05) is 50.1 Å². The minimum atomic E-state index is -0.266. The van der Waals surface area contributed by atoms with Gasteiger partial charge in [-0.2, -0.15) is 0 Å². The van der Waals surface area contributed by atoms with Gasteiger partial charge in [0.25, 0.3) is 5.91 Å². The number of benzene rings is 2. The first-order chi connectivity index (χ1) is 14.9. The van der Waals surface area contributed by atoms with Crippen LogP contribution < -0.4 is 15.5 Å². The van der Waals surface area contributed by atoms with E-state index >= 15 is 0 Å². The lowest BCUT2D eigenvalue weighted by molar-refractivity contribution is -0.119. The van der Waals surface area contributed by atoms with E-state index in [1.807, 2.05) is 24.3 Å². The van der Waals surface area contributed by atoms with Crippen molar-refractivity contribution in [2.45, 2.75) is 13.5 Å². The van der Waals surface area contributed by atoms with Crippen LogP contribution in [-0.2, 0) is 20.9 Å². The van der Waals surface area contributed by atoms with Crippen LogP contribution in [0.25, 0.3) is 0 Å². The summed E-state index contributed by atoms with van der Waals surface area (Å²) >= 11 is 0. The summed E-state index contributed by atoms with van der Waals surface area (Å²) in [4.78, 5) is 39.6. The lowest BCUT2D eigenvalue weighted by Crippen LogP contribution is -2.36. The summed E-state index contributed by atoms with van der Waals surface area (Å²) in [6, 6.07) is 14.6. The molecule has 0 aliphatic carbocycles. The molecular formula is C23H28N4O4. The molecule has 0 bridgehead atoms. The van der Waals surface area contributed by atoms with Crippen LogP contribution in [-0.4, -0.2) is 62.5 Å². The van der Waals surface area contributed by atoms with Gasteiger partial charge in [-0.15, -0.1) is 0 Å². The van der Waals surface area contributed by atoms with Crippen molar-refractivity contribution in [1.82, 2.24) is 10.2 Å². The average Bonchev–Trinajstić information content (AvgIpc) is 2.78. The molecule has 0 saturated carbocycles. The average molecular weight is 425 g/mol. The van der Waals surface area contributed by atoms with E-state index in [-0.39, 0.29) is 24.3 Å². The molecule has 0 aromatic heterocycles. The second kappa shape index (κ2) is 10.6. The predicted molar refractivity (Wildman–Crippen MR) is 119 cm³/mol. The topological polar surface area (TPSA) is 91.0 Å². The van der Waals surface area contributed by atoms with Gasteiger partial charge in [0.15, 0.2) is 0 Å². The number of hydrogen-bond donors (Lipinski definition) is 2. The van der Waals surface area contributed by atoms with Gasteiger partial charge in [-0.1, -0.05) is 12.1 Å². The zero-order valence-electron chi connectivity index (χ0n) is 17.9. The van der Waals surface area contributed by atoms with E-state index in [9.17, 15) is 14.4 Å². The molecule has 2 aromatic carbocycles. The van der Waals surface area contributed by atoms with Crippen LogP contribution in [0.5, 0.6) is 0 Å². The Balaban J connectivity index is 1.50. The van der Waals surface area contributed by atoms with Crippen LogP contribution in [0.2, 0.25) is 0 Å². The zero-order valence-corrected chi connectivity index (χ0v) is 17.9. The second-order valence-corrected chi connectivity index (χ2v) is 7.46. The van der Waals surface area contributed by atoms with Gasteiger partial charge in [-0.05, 0) is 42.0 Å². The number of carbonyl (C=O) groups is 3. The summed E-state index contributed by atoms with van der Waals surface area (Å²) in [5, 5.41) is 5.54. The van der Waals surface area contributed by atoms with E-state index in [0.717, 1.165) is 37.6 Å². The lowest BCUT2D eigenvalue weighted by Gasteiger charge is -2.28. The van der Waals surface area contributed by atoms with Crippen molar-refractivity contribution in [3.05, 3.63) is 59.7 Å². The fraction of sp³-hybridized carbons (Fsp3) is 0.348. The molecule has 3 rings (SSSR count). The van der Waals surface area contributed by atoms with Crippen molar-refractivity contribution in [3.63, 3.8) is 0 Å². The van der Waals surface area contributed by atoms with Crippen LogP contribution in [0.3, 0.4) is 0 Å². The van der Waals surface area contributed by atoms with Crippen molar-refractivity contribution >= 4 is 29.1 Å². The number of hydrogen-bond acceptors (Lipinski definition) is 5. The first-order valence-corrected chi connectivity index (χ1v) is 10.2. The minimum absolute atomic E-state index is 0.0578. The Hall–Kier alpha value is -3.39. The van der Waals surface area contributed by atoms with Crippen molar-refractivity contribution in [3.8, 4) is 0 Å². The first-order valence-electron chi connectivity index (χ1n) is 10.2. The fourth-order valence-electron chi connectivity index (χ4n) is 3.28. The van der Waals surface area contributed by atoms with Gasteiger partial charge >= 0.3 is 0 Å². The minimum Gasteiger partial charge on any atom is -0.378 e. The molecule has 1 aliphatic rings. The van der Waals surface area contributed by atoms with Gasteiger partial charge in [0.1, 0.15) is 0 Å². The van der Waals surface area contributed by atoms with Gasteiger partial charge < -0.3 is 25.2 Å². The molecule has 31 heavy (non-hydrogen) atoms. The number of anilines is 2. The normalized spacial score (nSPS) is 13.4. The van der Waals surface area contributed by atoms with Crippen molar-refractivity contribution in [2.24, 2.45) is 0 Å². The van der Waals surface area contributed by atoms with E-state index in [2.05, 4.69) is 15.5 Å². The summed E-state index contributed by atoms with van der Waals surface area (Å²) in [7, 11) is 1.59. The number of carbonyl (C=O) groups excluding carboxylic acids is 3. The third-order valence-corrected chi connectivity index (χ3v) is 5.00. The maximum atomic E-state index is 12.6. The highest BCUT2D eigenvalue weighted by molar-refractivity contribution is 5.99. The van der Waals surface area contributed by atoms with Crippen molar-refractivity contribution < 1.29 is 19.1 Å². The maximum Gasteiger partial charge on any atom is 0.254 e. The quantitative estimate of drug-likeness (QED) is 0.708. The molecule has 1 fully saturated rings. The molecule has 1 heterocycles. The van der Waals surface area contributed by atoms with Crippen LogP contribution >= 0.6 is 0 Å². The first kappa shape index (κ1) is 22.3. The summed E-state index contributed by atoms with van der Waals surface area (Å²) in [6.07, 6.45) is 0. The molecule has 8 heteroatoms. The SMILES string of the molecule is CC(=O)NCc1ccc(C(=O)N(C)CC(=O)Nc2ccc(N3CCOCC3)cc2)cc1. The van der Waals surface area contributed by atoms with E-state index < -0.39 is 0 Å². The Morgan fingerprint density at radius 3 is 2.26 bits per heavy atom. The molecule has 8 nitrogen and oxygen atoms in total. The smallest absolute Gasteiger partial charge is 0.254 e. The van der Waals surface area contributed by atoms with E-state index in [1.54, 1.807) is 31.3 Å². The summed E-state index contributed by atoms with van der Waals surface area (Å²) in [5.41, 5.74) is 3.16. The summed E-state index contributed by atoms with van der Waals surface area (Å²) < 4.78 is 5.37. The maximum absolute atomic E-state index is 12.6. The largest absolute Gasteiger partial charge is 0.378 e. The highest BCUT2D eigenvalue weighted by Crippen LogP contribution is 2.19. The van der Waals surface area contributed by atoms with Crippen LogP contribution in [0.4, 0.5) is 11.4 Å². The third kappa shape index (κ3) is 6.55. The number of amides is 3. The van der Waals surface area contributed by atoms with Crippen molar-refractivity contribution in [1.29, 1.82) is 0 Å². The summed E-state index contributed by atoms with van der Waals surface area (Å²) in [5.74, 6) is -0.622. The Bertz CT molecular complexity index is 906. The molecule has 0 radical (unpaired) electrons. The summed E-state index contributed by atoms with van der Waals surface area (Å²) in [6.45, 7) is 4.95. The van der Waals surface area contributed by atoms with Gasteiger partial charge in [-0.3, -0.25) is 14.4 Å². The predicted octanol–water partition coefficient (Wildman–Crippen LogP) is 1.87. The second-order valence-electron chi connectivity index (χ2n) is 7.46. The zero-order chi connectivity index (χ0) is 22.2. The standard InChI is InChI=1S/C23H28N4O4/c1-17(28)24-15-18-3-5-19(6-4-18)23(30)26(2)16-22(29)25-20-7-9-21(10-8-20)27-11-13-31-14-12-27/h3-10H,11-16H2,1-2H3,(H,24,28)(H,25,29). The molecule has 0 unspecified atom stereocenters. The molecule has 0 atom stereocenters. The highest BCUT2D eigenvalue weighted by Gasteiger charge is 2.16. The number of rotatable bonds is 7. The monoisotopic (exact) mass is 424 g/mol. The molecule has 0 spiro atoms. The molecule has 164 valence electrons. The van der Waals surface area contributed by atoms with Gasteiger partial charge in [-0.25, -0.2) is 0 Å². The van der Waals surface area contributed by atoms with Crippen LogP contribution in [0.15, 0.2) is 48.5 Å². The fourth-order valence-corrected chi connectivity index (χ4v) is 3.28. The number of nitrogens with one attached hydrogen (secondary N) is 2. The number of morpholine rings is 1. The van der Waals surface area contributed by atoms with E-state index in [4.69, 9.17) is 4.74 Å². The van der Waals surface area contributed by atoms with Crippen LogP contribution in [0.1, 0.15) is 22.8 Å². The molecular weight excluding hydrogens is 396 g/mol. The van der Waals surface area contributed by atoms with Crippen LogP contribution in [0, 0.1) is 0 Å². The highest BCUT2D eigenvalue weighted by atomic mass is 16.5. The number of likely N-dealkylation sites (N-methyl/N-ethyl adjacent to an activating group) is 1. The Labute approximate surface area is 182 Å². The number of ether oxygens (including phenoxy) is 1. The lowest BCUT2D eigenvalue weighted by atomic mass is 10.1. The molecule has 3 amide bonds. The Morgan fingerprint density at radius 1 is 1.00 bits per heavy atom. The molecule has 2 N–H and O–H groups in total. The third-order valence-electron chi connectivity index (χ3n) is 5.00. The molecule has 1 saturated heterocycles. The van der Waals surface area contributed by atoms with Gasteiger partial charge in [0, 0.05) is 50.5 Å². The Kier molecular flexibility index (Phi) is 7.61. The van der Waals surface area contributed by atoms with Gasteiger partial charge in [0.2, 0.25) is 11.8 Å². The van der Waals surface area contributed by atoms with E-state index in [0.29, 0.717) is 17.8 Å². The van der Waals surface area contributed by atoms with E-state index in [1.165, 1.54) is 11.8 Å². The Morgan fingerprint density at radius 2 is 1.65 bits per heavy atom. The molecule has 2 aromatic rings. The molecule has 1 aliphatic heterocycles.